The van der Waals surface area contributed by atoms with Gasteiger partial charge in [0.1, 0.15) is 5.75 Å². The third-order valence-electron chi connectivity index (χ3n) is 2.98. The number of carbonyl (C=O) groups excluding carboxylic acids is 1. The van der Waals surface area contributed by atoms with E-state index in [1.807, 2.05) is 52.0 Å². The topological polar surface area (TPSA) is 62.7 Å². The number of nitrogens with zero attached hydrogens (tertiary/aromatic N) is 1. The SMILES string of the molecule is COc1ccc(NCC(=O)N/N=C(\C)C(C)(C)C)cc1. The van der Waals surface area contributed by atoms with Gasteiger partial charge in [-0.1, -0.05) is 20.8 Å². The molecule has 0 fully saturated rings. The smallest absolute Gasteiger partial charge is 0.259 e. The Kier molecular flexibility index (Phi) is 5.55. The summed E-state index contributed by atoms with van der Waals surface area (Å²) in [7, 11) is 1.62. The molecule has 0 atom stereocenters. The molecule has 0 saturated heterocycles. The first-order valence-corrected chi connectivity index (χ1v) is 6.54. The van der Waals surface area contributed by atoms with Crippen LogP contribution in [0, 0.1) is 5.41 Å². The lowest BCUT2D eigenvalue weighted by Gasteiger charge is -2.17. The van der Waals surface area contributed by atoms with Gasteiger partial charge in [-0.15, -0.1) is 0 Å². The number of nitrogens with one attached hydrogen (secondary N) is 2. The van der Waals surface area contributed by atoms with Crippen molar-refractivity contribution < 1.29 is 9.53 Å². The normalized spacial score (nSPS) is 11.9. The van der Waals surface area contributed by atoms with E-state index >= 15 is 0 Å². The summed E-state index contributed by atoms with van der Waals surface area (Å²) < 4.78 is 5.07. The summed E-state index contributed by atoms with van der Waals surface area (Å²) in [5.41, 5.74) is 4.24. The summed E-state index contributed by atoms with van der Waals surface area (Å²) in [5, 5.41) is 7.11. The molecule has 1 aromatic rings. The highest BCUT2D eigenvalue weighted by Crippen LogP contribution is 2.15. The summed E-state index contributed by atoms with van der Waals surface area (Å²) in [6, 6.07) is 7.38. The Morgan fingerprint density at radius 1 is 1.25 bits per heavy atom. The maximum absolute atomic E-state index is 11.7. The van der Waals surface area contributed by atoms with E-state index < -0.39 is 0 Å². The lowest BCUT2D eigenvalue weighted by atomic mass is 9.91. The lowest BCUT2D eigenvalue weighted by Crippen LogP contribution is -2.29. The van der Waals surface area contributed by atoms with Gasteiger partial charge < -0.3 is 10.1 Å². The predicted molar refractivity (Wildman–Crippen MR) is 82.2 cm³/mol. The van der Waals surface area contributed by atoms with Crippen molar-refractivity contribution in [3.8, 4) is 5.75 Å². The van der Waals surface area contributed by atoms with E-state index in [0.717, 1.165) is 17.1 Å². The lowest BCUT2D eigenvalue weighted by molar-refractivity contribution is -0.119. The zero-order chi connectivity index (χ0) is 15.2. The van der Waals surface area contributed by atoms with Crippen molar-refractivity contribution in [3.63, 3.8) is 0 Å². The van der Waals surface area contributed by atoms with Gasteiger partial charge in [0.05, 0.1) is 13.7 Å². The van der Waals surface area contributed by atoms with E-state index in [4.69, 9.17) is 4.74 Å². The highest BCUT2D eigenvalue weighted by Gasteiger charge is 2.14. The van der Waals surface area contributed by atoms with Gasteiger partial charge in [-0.3, -0.25) is 4.79 Å². The molecule has 1 rings (SSSR count). The molecule has 5 nitrogen and oxygen atoms in total. The van der Waals surface area contributed by atoms with Crippen LogP contribution in [0.3, 0.4) is 0 Å². The van der Waals surface area contributed by atoms with E-state index in [2.05, 4.69) is 15.8 Å². The molecule has 0 aliphatic heterocycles. The summed E-state index contributed by atoms with van der Waals surface area (Å²) in [6.07, 6.45) is 0. The minimum Gasteiger partial charge on any atom is -0.497 e. The first kappa shape index (κ1) is 16.0. The average molecular weight is 277 g/mol. The quantitative estimate of drug-likeness (QED) is 0.642. The van der Waals surface area contributed by atoms with Crippen molar-refractivity contribution >= 4 is 17.3 Å². The van der Waals surface area contributed by atoms with Crippen LogP contribution in [-0.4, -0.2) is 25.3 Å². The minimum absolute atomic E-state index is 0.0449. The number of carbonyl (C=O) groups is 1. The molecule has 0 aliphatic carbocycles. The van der Waals surface area contributed by atoms with E-state index in [1.165, 1.54) is 0 Å². The molecule has 0 bridgehead atoms. The highest BCUT2D eigenvalue weighted by molar-refractivity contribution is 5.89. The monoisotopic (exact) mass is 277 g/mol. The number of hydrogen-bond acceptors (Lipinski definition) is 4. The van der Waals surface area contributed by atoms with Crippen LogP contribution in [0.1, 0.15) is 27.7 Å². The molecule has 110 valence electrons. The number of benzene rings is 1. The Bertz CT molecular complexity index is 473. The number of hydrogen-bond donors (Lipinski definition) is 2. The van der Waals surface area contributed by atoms with Crippen molar-refractivity contribution in [3.05, 3.63) is 24.3 Å². The maximum Gasteiger partial charge on any atom is 0.259 e. The molecule has 0 aromatic heterocycles. The van der Waals surface area contributed by atoms with E-state index in [0.29, 0.717) is 0 Å². The molecule has 1 amide bonds. The fourth-order valence-electron chi connectivity index (χ4n) is 1.24. The van der Waals surface area contributed by atoms with E-state index in [1.54, 1.807) is 7.11 Å². The number of anilines is 1. The summed E-state index contributed by atoms with van der Waals surface area (Å²) in [5.74, 6) is 0.606. The Hall–Kier alpha value is -2.04. The first-order valence-electron chi connectivity index (χ1n) is 6.54. The fraction of sp³-hybridized carbons (Fsp3) is 0.467. The number of rotatable bonds is 5. The molecule has 5 heteroatoms. The third-order valence-corrected chi connectivity index (χ3v) is 2.98. The van der Waals surface area contributed by atoms with Crippen LogP contribution in [0.4, 0.5) is 5.69 Å². The Morgan fingerprint density at radius 3 is 2.35 bits per heavy atom. The Morgan fingerprint density at radius 2 is 1.85 bits per heavy atom. The van der Waals surface area contributed by atoms with Crippen LogP contribution in [0.2, 0.25) is 0 Å². The van der Waals surface area contributed by atoms with Crippen LogP contribution in [-0.2, 0) is 4.79 Å². The molecule has 0 unspecified atom stereocenters. The summed E-state index contributed by atoms with van der Waals surface area (Å²) >= 11 is 0. The Balaban J connectivity index is 2.43. The standard InChI is InChI=1S/C15H23N3O2/c1-11(15(2,3)4)17-18-14(19)10-16-12-6-8-13(20-5)9-7-12/h6-9,16H,10H2,1-5H3,(H,18,19)/b17-11+. The minimum atomic E-state index is -0.176. The van der Waals surface area contributed by atoms with Crippen molar-refractivity contribution in [2.24, 2.45) is 10.5 Å². The van der Waals surface area contributed by atoms with Crippen LogP contribution in [0.5, 0.6) is 5.75 Å². The van der Waals surface area contributed by atoms with Gasteiger partial charge >= 0.3 is 0 Å². The zero-order valence-corrected chi connectivity index (χ0v) is 12.8. The average Bonchev–Trinajstić information content (AvgIpc) is 2.41. The molecule has 0 heterocycles. The second-order valence-electron chi connectivity index (χ2n) is 5.56. The fourth-order valence-corrected chi connectivity index (χ4v) is 1.24. The molecule has 0 aliphatic rings. The molecular weight excluding hydrogens is 254 g/mol. The number of methoxy groups -OCH3 is 1. The Labute approximate surface area is 120 Å². The van der Waals surface area contributed by atoms with Gasteiger partial charge in [-0.25, -0.2) is 5.43 Å². The van der Waals surface area contributed by atoms with Crippen LogP contribution in [0.15, 0.2) is 29.4 Å². The molecule has 2 N–H and O–H groups in total. The third kappa shape index (κ3) is 5.30. The number of ether oxygens (including phenoxy) is 1. The number of hydrazone groups is 1. The first-order chi connectivity index (χ1) is 9.32. The van der Waals surface area contributed by atoms with Gasteiger partial charge in [0.2, 0.25) is 0 Å². The van der Waals surface area contributed by atoms with Crippen molar-refractivity contribution in [1.82, 2.24) is 5.43 Å². The number of amides is 1. The second-order valence-corrected chi connectivity index (χ2v) is 5.56. The van der Waals surface area contributed by atoms with Crippen molar-refractivity contribution in [2.75, 3.05) is 19.0 Å². The maximum atomic E-state index is 11.7. The molecule has 1 aromatic carbocycles. The highest BCUT2D eigenvalue weighted by atomic mass is 16.5. The van der Waals surface area contributed by atoms with Crippen molar-refractivity contribution in [1.29, 1.82) is 0 Å². The van der Waals surface area contributed by atoms with Crippen LogP contribution >= 0.6 is 0 Å². The predicted octanol–water partition coefficient (Wildman–Crippen LogP) is 2.65. The molecule has 0 saturated carbocycles. The summed E-state index contributed by atoms with van der Waals surface area (Å²) in [4.78, 5) is 11.7. The molecule has 20 heavy (non-hydrogen) atoms. The van der Waals surface area contributed by atoms with Gasteiger partial charge in [0.15, 0.2) is 0 Å². The van der Waals surface area contributed by atoms with Crippen LogP contribution < -0.4 is 15.5 Å². The summed E-state index contributed by atoms with van der Waals surface area (Å²) in [6.45, 7) is 8.22. The van der Waals surface area contributed by atoms with Gasteiger partial charge in [-0.2, -0.15) is 5.10 Å². The molecular formula is C15H23N3O2. The van der Waals surface area contributed by atoms with Crippen molar-refractivity contribution in [2.45, 2.75) is 27.7 Å². The second kappa shape index (κ2) is 6.93. The molecule has 0 spiro atoms. The van der Waals surface area contributed by atoms with E-state index in [-0.39, 0.29) is 17.9 Å². The zero-order valence-electron chi connectivity index (χ0n) is 12.8. The van der Waals surface area contributed by atoms with E-state index in [9.17, 15) is 4.79 Å². The molecule has 0 radical (unpaired) electrons. The van der Waals surface area contributed by atoms with Gasteiger partial charge in [0, 0.05) is 16.8 Å². The van der Waals surface area contributed by atoms with Gasteiger partial charge in [0.25, 0.3) is 5.91 Å². The van der Waals surface area contributed by atoms with Crippen LogP contribution in [0.25, 0.3) is 0 Å². The van der Waals surface area contributed by atoms with Gasteiger partial charge in [-0.05, 0) is 31.2 Å². The largest absolute Gasteiger partial charge is 0.497 e.